The van der Waals surface area contributed by atoms with Gasteiger partial charge >= 0.3 is 6.03 Å². The average molecular weight is 294 g/mol. The van der Waals surface area contributed by atoms with Crippen LogP contribution in [-0.4, -0.2) is 29.3 Å². The highest BCUT2D eigenvalue weighted by Gasteiger charge is 2.54. The van der Waals surface area contributed by atoms with E-state index in [1.54, 1.807) is 0 Å². The van der Waals surface area contributed by atoms with Crippen molar-refractivity contribution in [2.75, 3.05) is 6.54 Å². The Bertz CT molecular complexity index is 459. The molecule has 1 aliphatic heterocycles. The van der Waals surface area contributed by atoms with Gasteiger partial charge in [-0.2, -0.15) is 0 Å². The number of nitrogens with one attached hydrogen (secondary N) is 1. The maximum absolute atomic E-state index is 12.8. The summed E-state index contributed by atoms with van der Waals surface area (Å²) >= 11 is 0. The molecule has 1 saturated heterocycles. The molecule has 4 amide bonds. The Morgan fingerprint density at radius 1 is 1.14 bits per heavy atom. The van der Waals surface area contributed by atoms with Crippen LogP contribution >= 0.6 is 0 Å². The zero-order valence-electron chi connectivity index (χ0n) is 13.5. The number of barbiturate groups is 1. The minimum Gasteiger partial charge on any atom is -0.277 e. The van der Waals surface area contributed by atoms with Crippen LogP contribution in [0.2, 0.25) is 0 Å². The maximum atomic E-state index is 12.8. The summed E-state index contributed by atoms with van der Waals surface area (Å²) in [5.74, 6) is -0.509. The summed E-state index contributed by atoms with van der Waals surface area (Å²) in [6.45, 7) is 8.66. The molecule has 1 aliphatic carbocycles. The minimum atomic E-state index is -0.996. The highest BCUT2D eigenvalue weighted by atomic mass is 16.2. The van der Waals surface area contributed by atoms with Crippen LogP contribution in [0.1, 0.15) is 59.8 Å². The molecule has 1 saturated carbocycles. The summed E-state index contributed by atoms with van der Waals surface area (Å²) in [7, 11) is 0. The molecule has 1 unspecified atom stereocenters. The molecule has 5 heteroatoms. The van der Waals surface area contributed by atoms with Gasteiger partial charge in [0, 0.05) is 6.54 Å². The molecule has 2 rings (SSSR count). The molecular formula is C16H26N2O3. The second-order valence-electron chi connectivity index (χ2n) is 7.58. The van der Waals surface area contributed by atoms with Crippen LogP contribution in [-0.2, 0) is 9.59 Å². The van der Waals surface area contributed by atoms with Crippen LogP contribution in [0.5, 0.6) is 0 Å². The summed E-state index contributed by atoms with van der Waals surface area (Å²) in [5, 5.41) is 2.40. The normalized spacial score (nSPS) is 24.2. The molecule has 1 N–H and O–H groups in total. The van der Waals surface area contributed by atoms with E-state index in [0.717, 1.165) is 19.3 Å². The maximum Gasteiger partial charge on any atom is 0.330 e. The molecule has 5 nitrogen and oxygen atoms in total. The third-order valence-electron chi connectivity index (χ3n) is 5.20. The second kappa shape index (κ2) is 5.43. The second-order valence-corrected chi connectivity index (χ2v) is 7.58. The third kappa shape index (κ3) is 2.83. The lowest BCUT2D eigenvalue weighted by Gasteiger charge is -2.43. The van der Waals surface area contributed by atoms with Crippen molar-refractivity contribution in [1.29, 1.82) is 0 Å². The number of urea groups is 1. The molecule has 1 atom stereocenters. The van der Waals surface area contributed by atoms with Gasteiger partial charge in [-0.05, 0) is 24.2 Å². The molecule has 0 aromatic heterocycles. The van der Waals surface area contributed by atoms with Crippen LogP contribution in [0.15, 0.2) is 0 Å². The van der Waals surface area contributed by atoms with Crippen molar-refractivity contribution < 1.29 is 14.4 Å². The van der Waals surface area contributed by atoms with Gasteiger partial charge in [-0.3, -0.25) is 19.8 Å². The number of hydrogen-bond acceptors (Lipinski definition) is 3. The Labute approximate surface area is 126 Å². The molecule has 2 aliphatic rings. The van der Waals surface area contributed by atoms with E-state index < -0.39 is 17.4 Å². The van der Waals surface area contributed by atoms with Gasteiger partial charge < -0.3 is 0 Å². The van der Waals surface area contributed by atoms with Gasteiger partial charge in [0.25, 0.3) is 0 Å². The number of carbonyl (C=O) groups excluding carboxylic acids is 3. The van der Waals surface area contributed by atoms with E-state index >= 15 is 0 Å². The average Bonchev–Trinajstić information content (AvgIpc) is 2.41. The van der Waals surface area contributed by atoms with Gasteiger partial charge in [-0.15, -0.1) is 0 Å². The molecule has 0 radical (unpaired) electrons. The van der Waals surface area contributed by atoms with Crippen molar-refractivity contribution in [3.63, 3.8) is 0 Å². The van der Waals surface area contributed by atoms with Crippen molar-refractivity contribution in [3.8, 4) is 0 Å². The lowest BCUT2D eigenvalue weighted by Crippen LogP contribution is -2.65. The first-order valence-electron chi connectivity index (χ1n) is 7.86. The van der Waals surface area contributed by atoms with Crippen molar-refractivity contribution in [3.05, 3.63) is 0 Å². The van der Waals surface area contributed by atoms with E-state index in [9.17, 15) is 14.4 Å². The fourth-order valence-electron chi connectivity index (χ4n) is 3.04. The number of carbonyl (C=O) groups is 3. The molecule has 0 aromatic rings. The van der Waals surface area contributed by atoms with Crippen LogP contribution in [0, 0.1) is 16.7 Å². The van der Waals surface area contributed by atoms with E-state index in [1.165, 1.54) is 4.90 Å². The van der Waals surface area contributed by atoms with E-state index in [1.807, 2.05) is 6.92 Å². The van der Waals surface area contributed by atoms with Gasteiger partial charge in [0.05, 0.1) is 0 Å². The zero-order chi connectivity index (χ0) is 15.8. The van der Waals surface area contributed by atoms with Crippen molar-refractivity contribution in [2.45, 2.75) is 59.8 Å². The summed E-state index contributed by atoms with van der Waals surface area (Å²) < 4.78 is 0. The summed E-state index contributed by atoms with van der Waals surface area (Å²) in [5.41, 5.74) is -0.995. The number of imide groups is 2. The number of amides is 4. The molecule has 0 aromatic carbocycles. The zero-order valence-corrected chi connectivity index (χ0v) is 13.5. The quantitative estimate of drug-likeness (QED) is 0.796. The Kier molecular flexibility index (Phi) is 4.13. The highest BCUT2D eigenvalue weighted by molar-refractivity contribution is 6.19. The van der Waals surface area contributed by atoms with Gasteiger partial charge in [0.2, 0.25) is 11.8 Å². The predicted octanol–water partition coefficient (Wildman–Crippen LogP) is 2.70. The molecule has 21 heavy (non-hydrogen) atoms. The van der Waals surface area contributed by atoms with Crippen LogP contribution in [0.4, 0.5) is 4.79 Å². The lowest BCUT2D eigenvalue weighted by molar-refractivity contribution is -0.154. The van der Waals surface area contributed by atoms with Crippen LogP contribution in [0.25, 0.3) is 0 Å². The fourth-order valence-corrected chi connectivity index (χ4v) is 3.04. The van der Waals surface area contributed by atoms with E-state index in [4.69, 9.17) is 0 Å². The van der Waals surface area contributed by atoms with E-state index in [-0.39, 0.29) is 17.2 Å². The smallest absolute Gasteiger partial charge is 0.277 e. The molecule has 0 bridgehead atoms. The first-order valence-corrected chi connectivity index (χ1v) is 7.86. The van der Waals surface area contributed by atoms with E-state index in [0.29, 0.717) is 19.4 Å². The lowest BCUT2D eigenvalue weighted by atomic mass is 9.71. The standard InChI is InChI=1S/C16H26N2O3/c1-11(15(2,3)4)10-18-13(20)16(8-6-5-7-9-16)12(19)17-14(18)21/h11H,5-10H2,1-4H3,(H,17,19,21). The number of nitrogens with zero attached hydrogens (tertiary/aromatic N) is 1. The SMILES string of the molecule is CC(CN1C(=O)NC(=O)C2(CCCCC2)C1=O)C(C)(C)C. The Hall–Kier alpha value is -1.39. The first-order chi connectivity index (χ1) is 9.68. The minimum absolute atomic E-state index is 0.00173. The number of hydrogen-bond donors (Lipinski definition) is 1. The summed E-state index contributed by atoms with van der Waals surface area (Å²) in [4.78, 5) is 38.4. The predicted molar refractivity (Wildman–Crippen MR) is 79.4 cm³/mol. The Morgan fingerprint density at radius 3 is 2.24 bits per heavy atom. The van der Waals surface area contributed by atoms with Crippen molar-refractivity contribution >= 4 is 17.8 Å². The molecule has 2 fully saturated rings. The van der Waals surface area contributed by atoms with Gasteiger partial charge in [-0.1, -0.05) is 47.0 Å². The molecule has 1 spiro atoms. The number of rotatable bonds is 2. The summed E-state index contributed by atoms with van der Waals surface area (Å²) in [6.07, 6.45) is 3.91. The fraction of sp³-hybridized carbons (Fsp3) is 0.812. The van der Waals surface area contributed by atoms with Gasteiger partial charge in [0.1, 0.15) is 5.41 Å². The molecular weight excluding hydrogens is 268 g/mol. The Morgan fingerprint density at radius 2 is 1.71 bits per heavy atom. The topological polar surface area (TPSA) is 66.5 Å². The molecule has 118 valence electrons. The van der Waals surface area contributed by atoms with Crippen LogP contribution < -0.4 is 5.32 Å². The molecule has 1 heterocycles. The van der Waals surface area contributed by atoms with Crippen molar-refractivity contribution in [2.24, 2.45) is 16.7 Å². The third-order valence-corrected chi connectivity index (χ3v) is 5.20. The first kappa shape index (κ1) is 16.0. The highest BCUT2D eigenvalue weighted by Crippen LogP contribution is 2.40. The Balaban J connectivity index is 2.23. The summed E-state index contributed by atoms with van der Waals surface area (Å²) in [6, 6.07) is -0.558. The van der Waals surface area contributed by atoms with Gasteiger partial charge in [0.15, 0.2) is 0 Å². The van der Waals surface area contributed by atoms with Gasteiger partial charge in [-0.25, -0.2) is 4.79 Å². The van der Waals surface area contributed by atoms with E-state index in [2.05, 4.69) is 26.1 Å². The van der Waals surface area contributed by atoms with Crippen LogP contribution in [0.3, 0.4) is 0 Å². The monoisotopic (exact) mass is 294 g/mol. The van der Waals surface area contributed by atoms with Crippen molar-refractivity contribution in [1.82, 2.24) is 10.2 Å². The largest absolute Gasteiger partial charge is 0.330 e.